The first kappa shape index (κ1) is 10.7. The van der Waals surface area contributed by atoms with Crippen LogP contribution in [-0.4, -0.2) is 4.98 Å². The van der Waals surface area contributed by atoms with Gasteiger partial charge in [0.1, 0.15) is 11.9 Å². The van der Waals surface area contributed by atoms with Crippen molar-refractivity contribution in [2.45, 2.75) is 13.3 Å². The molecule has 0 saturated carbocycles. The molecule has 0 aliphatic heterocycles. The highest BCUT2D eigenvalue weighted by Gasteiger charge is 2.09. The van der Waals surface area contributed by atoms with E-state index >= 15 is 0 Å². The average molecular weight is 213 g/mol. The molecule has 0 saturated heterocycles. The van der Waals surface area contributed by atoms with Crippen molar-refractivity contribution in [3.63, 3.8) is 0 Å². The van der Waals surface area contributed by atoms with Crippen molar-refractivity contribution in [3.8, 4) is 0 Å². The summed E-state index contributed by atoms with van der Waals surface area (Å²) in [6.07, 6.45) is 4.89. The standard InChI is InChI=1S/C14H16N2/c1-4-12-5-7-13(8-6-12)9-14-10-15-11(2)16(14)3/h4-8,10H,1,9H2,2-3H3/p+1. The second-order valence-corrected chi connectivity index (χ2v) is 4.05. The van der Waals surface area contributed by atoms with E-state index in [1.54, 1.807) is 0 Å². The van der Waals surface area contributed by atoms with Gasteiger partial charge in [0.2, 0.25) is 0 Å². The molecule has 0 radical (unpaired) electrons. The van der Waals surface area contributed by atoms with Crippen molar-refractivity contribution in [1.82, 2.24) is 4.98 Å². The molecule has 2 aromatic rings. The van der Waals surface area contributed by atoms with Gasteiger partial charge >= 0.3 is 0 Å². The zero-order valence-electron chi connectivity index (χ0n) is 9.83. The lowest BCUT2D eigenvalue weighted by atomic mass is 10.1. The Kier molecular flexibility index (Phi) is 2.91. The van der Waals surface area contributed by atoms with Gasteiger partial charge in [-0.05, 0) is 11.1 Å². The van der Waals surface area contributed by atoms with E-state index in [9.17, 15) is 0 Å². The summed E-state index contributed by atoms with van der Waals surface area (Å²) in [6.45, 7) is 5.83. The highest BCUT2D eigenvalue weighted by atomic mass is 15.0. The lowest BCUT2D eigenvalue weighted by Gasteiger charge is -2.00. The number of H-pyrrole nitrogens is 1. The predicted octanol–water partition coefficient (Wildman–Crippen LogP) is 2.38. The van der Waals surface area contributed by atoms with Gasteiger partial charge in [-0.25, -0.2) is 9.55 Å². The largest absolute Gasteiger partial charge is 0.251 e. The van der Waals surface area contributed by atoms with Gasteiger partial charge in [0.05, 0.1) is 7.05 Å². The summed E-state index contributed by atoms with van der Waals surface area (Å²) >= 11 is 0. The minimum Gasteiger partial charge on any atom is -0.248 e. The van der Waals surface area contributed by atoms with Crippen molar-refractivity contribution in [2.75, 3.05) is 0 Å². The summed E-state index contributed by atoms with van der Waals surface area (Å²) < 4.78 is 2.18. The van der Waals surface area contributed by atoms with E-state index in [2.05, 4.69) is 60.6 Å². The van der Waals surface area contributed by atoms with Crippen molar-refractivity contribution in [3.05, 3.63) is 59.7 Å². The molecule has 0 aliphatic rings. The molecule has 0 fully saturated rings. The van der Waals surface area contributed by atoms with E-state index in [1.807, 2.05) is 6.08 Å². The average Bonchev–Trinajstić information content (AvgIpc) is 2.62. The molecular formula is C14H17N2+. The molecule has 2 nitrogen and oxygen atoms in total. The van der Waals surface area contributed by atoms with Crippen LogP contribution in [0.25, 0.3) is 6.08 Å². The fraction of sp³-hybridized carbons (Fsp3) is 0.214. The monoisotopic (exact) mass is 213 g/mol. The molecule has 0 amide bonds. The number of rotatable bonds is 3. The molecule has 2 heteroatoms. The molecule has 1 aromatic carbocycles. The number of benzene rings is 1. The van der Waals surface area contributed by atoms with Gasteiger partial charge in [-0.1, -0.05) is 36.9 Å². The molecule has 2 rings (SSSR count). The Morgan fingerprint density at radius 1 is 1.31 bits per heavy atom. The molecule has 1 heterocycles. The second kappa shape index (κ2) is 4.35. The zero-order chi connectivity index (χ0) is 11.5. The highest BCUT2D eigenvalue weighted by molar-refractivity contribution is 5.47. The predicted molar refractivity (Wildman–Crippen MR) is 66.0 cm³/mol. The maximum atomic E-state index is 3.75. The third-order valence-corrected chi connectivity index (χ3v) is 2.98. The minimum absolute atomic E-state index is 0.957. The third kappa shape index (κ3) is 2.06. The quantitative estimate of drug-likeness (QED) is 0.755. The maximum Gasteiger partial charge on any atom is 0.251 e. The van der Waals surface area contributed by atoms with Gasteiger partial charge in [0.25, 0.3) is 5.82 Å². The van der Waals surface area contributed by atoms with Crippen molar-refractivity contribution in [2.24, 2.45) is 7.05 Å². The number of nitrogens with zero attached hydrogens (tertiary/aromatic N) is 1. The van der Waals surface area contributed by atoms with Gasteiger partial charge < -0.3 is 0 Å². The summed E-state index contributed by atoms with van der Waals surface area (Å²) in [5.74, 6) is 1.18. The smallest absolute Gasteiger partial charge is 0.248 e. The number of aromatic amines is 1. The number of aromatic nitrogens is 2. The third-order valence-electron chi connectivity index (χ3n) is 2.98. The van der Waals surface area contributed by atoms with Crippen LogP contribution >= 0.6 is 0 Å². The van der Waals surface area contributed by atoms with Crippen LogP contribution in [0.5, 0.6) is 0 Å². The van der Waals surface area contributed by atoms with Crippen LogP contribution in [0.1, 0.15) is 22.6 Å². The van der Waals surface area contributed by atoms with Crippen LogP contribution in [0.15, 0.2) is 37.0 Å². The van der Waals surface area contributed by atoms with Crippen LogP contribution in [0.2, 0.25) is 0 Å². The topological polar surface area (TPSA) is 19.7 Å². The normalized spacial score (nSPS) is 10.4. The Morgan fingerprint density at radius 2 is 2.00 bits per heavy atom. The highest BCUT2D eigenvalue weighted by Crippen LogP contribution is 2.09. The molecule has 0 unspecified atom stereocenters. The Morgan fingerprint density at radius 3 is 2.50 bits per heavy atom. The first-order valence-electron chi connectivity index (χ1n) is 5.45. The van der Waals surface area contributed by atoms with E-state index in [4.69, 9.17) is 0 Å². The SMILES string of the molecule is C=Cc1ccc(Cc2c[nH]c(C)[n+]2C)cc1. The van der Waals surface area contributed by atoms with Gasteiger partial charge in [-0.3, -0.25) is 0 Å². The van der Waals surface area contributed by atoms with E-state index in [0.717, 1.165) is 6.42 Å². The van der Waals surface area contributed by atoms with Crippen LogP contribution in [0.4, 0.5) is 0 Å². The minimum atomic E-state index is 0.957. The first-order chi connectivity index (χ1) is 7.70. The number of imidazole rings is 1. The van der Waals surface area contributed by atoms with Crippen LogP contribution < -0.4 is 4.57 Å². The van der Waals surface area contributed by atoms with E-state index in [0.29, 0.717) is 0 Å². The maximum absolute atomic E-state index is 3.75. The summed E-state index contributed by atoms with van der Waals surface area (Å²) in [5.41, 5.74) is 3.78. The number of nitrogens with one attached hydrogen (secondary N) is 1. The summed E-state index contributed by atoms with van der Waals surface area (Å²) in [6, 6.07) is 8.50. The van der Waals surface area contributed by atoms with E-state index in [1.165, 1.54) is 22.6 Å². The molecule has 1 aromatic heterocycles. The molecule has 16 heavy (non-hydrogen) atoms. The van der Waals surface area contributed by atoms with Crippen molar-refractivity contribution < 1.29 is 4.57 Å². The Hall–Kier alpha value is -1.83. The molecule has 82 valence electrons. The second-order valence-electron chi connectivity index (χ2n) is 4.05. The zero-order valence-corrected chi connectivity index (χ0v) is 9.83. The van der Waals surface area contributed by atoms with Gasteiger partial charge in [0.15, 0.2) is 0 Å². The van der Waals surface area contributed by atoms with Crippen LogP contribution in [-0.2, 0) is 13.5 Å². The lowest BCUT2D eigenvalue weighted by molar-refractivity contribution is -0.683. The van der Waals surface area contributed by atoms with Crippen molar-refractivity contribution >= 4 is 6.08 Å². The molecular weight excluding hydrogens is 196 g/mol. The van der Waals surface area contributed by atoms with E-state index in [-0.39, 0.29) is 0 Å². The number of hydrogen-bond acceptors (Lipinski definition) is 0. The van der Waals surface area contributed by atoms with Gasteiger partial charge in [-0.2, -0.15) is 0 Å². The van der Waals surface area contributed by atoms with Crippen molar-refractivity contribution in [1.29, 1.82) is 0 Å². The Labute approximate surface area is 96.3 Å². The molecule has 0 aliphatic carbocycles. The number of hydrogen-bond donors (Lipinski definition) is 1. The van der Waals surface area contributed by atoms with Crippen LogP contribution in [0, 0.1) is 6.92 Å². The summed E-state index contributed by atoms with van der Waals surface area (Å²) in [7, 11) is 2.08. The molecule has 0 atom stereocenters. The summed E-state index contributed by atoms with van der Waals surface area (Å²) in [4.78, 5) is 3.23. The lowest BCUT2D eigenvalue weighted by Crippen LogP contribution is -2.33. The fourth-order valence-electron chi connectivity index (χ4n) is 1.75. The van der Waals surface area contributed by atoms with Gasteiger partial charge in [0, 0.05) is 13.3 Å². The van der Waals surface area contributed by atoms with Gasteiger partial charge in [-0.15, -0.1) is 0 Å². The fourth-order valence-corrected chi connectivity index (χ4v) is 1.75. The Balaban J connectivity index is 2.20. The number of aryl methyl sites for hydroxylation is 1. The molecule has 1 N–H and O–H groups in total. The van der Waals surface area contributed by atoms with Crippen LogP contribution in [0.3, 0.4) is 0 Å². The Bertz CT molecular complexity index is 492. The van der Waals surface area contributed by atoms with E-state index < -0.39 is 0 Å². The summed E-state index contributed by atoms with van der Waals surface area (Å²) in [5, 5.41) is 0. The molecule has 0 bridgehead atoms. The first-order valence-corrected chi connectivity index (χ1v) is 5.45. The molecule has 0 spiro atoms.